The van der Waals surface area contributed by atoms with Gasteiger partial charge >= 0.3 is 0 Å². The van der Waals surface area contributed by atoms with Crippen molar-refractivity contribution in [1.29, 1.82) is 0 Å². The average molecular weight is 268 g/mol. The smallest absolute Gasteiger partial charge is 0.0708 e. The molecule has 20 heavy (non-hydrogen) atoms. The molecule has 1 aromatic carbocycles. The van der Waals surface area contributed by atoms with Gasteiger partial charge in [0, 0.05) is 17.6 Å². The van der Waals surface area contributed by atoms with Crippen molar-refractivity contribution in [3.63, 3.8) is 0 Å². The van der Waals surface area contributed by atoms with Gasteiger partial charge in [-0.25, -0.2) is 0 Å². The van der Waals surface area contributed by atoms with Crippen molar-refractivity contribution in [2.75, 3.05) is 6.54 Å². The van der Waals surface area contributed by atoms with Crippen molar-refractivity contribution in [1.82, 2.24) is 10.3 Å². The fourth-order valence-electron chi connectivity index (χ4n) is 3.19. The number of hydrogen-bond acceptors (Lipinski definition) is 2. The Morgan fingerprint density at radius 3 is 2.85 bits per heavy atom. The van der Waals surface area contributed by atoms with Crippen molar-refractivity contribution in [3.8, 4) is 0 Å². The van der Waals surface area contributed by atoms with Gasteiger partial charge in [0.1, 0.15) is 0 Å². The first-order chi connectivity index (χ1) is 9.70. The van der Waals surface area contributed by atoms with E-state index in [1.807, 2.05) is 0 Å². The molecule has 0 saturated heterocycles. The molecule has 3 rings (SSSR count). The first kappa shape index (κ1) is 13.6. The molecule has 1 N–H and O–H groups in total. The number of nitrogens with zero attached hydrogens (tertiary/aromatic N) is 1. The zero-order chi connectivity index (χ0) is 14.1. The number of pyridine rings is 1. The van der Waals surface area contributed by atoms with E-state index in [0.29, 0.717) is 5.92 Å². The van der Waals surface area contributed by atoms with Crippen molar-refractivity contribution in [2.24, 2.45) is 0 Å². The van der Waals surface area contributed by atoms with Gasteiger partial charge in [-0.15, -0.1) is 0 Å². The lowest BCUT2D eigenvalue weighted by atomic mass is 9.96. The van der Waals surface area contributed by atoms with E-state index in [0.717, 1.165) is 19.5 Å². The summed E-state index contributed by atoms with van der Waals surface area (Å²) in [5, 5.41) is 4.87. The highest BCUT2D eigenvalue weighted by molar-refractivity contribution is 5.85. The summed E-state index contributed by atoms with van der Waals surface area (Å²) < 4.78 is 0. The third-order valence-electron chi connectivity index (χ3n) is 4.37. The Morgan fingerprint density at radius 2 is 2.10 bits per heavy atom. The van der Waals surface area contributed by atoms with Gasteiger partial charge in [0.2, 0.25) is 0 Å². The number of rotatable bonds is 4. The van der Waals surface area contributed by atoms with Crippen molar-refractivity contribution < 1.29 is 0 Å². The molecule has 0 saturated carbocycles. The maximum Gasteiger partial charge on any atom is 0.0708 e. The Labute approximate surface area is 121 Å². The number of hydrogen-bond donors (Lipinski definition) is 1. The summed E-state index contributed by atoms with van der Waals surface area (Å²) >= 11 is 0. The molecule has 1 aromatic heterocycles. The topological polar surface area (TPSA) is 24.9 Å². The van der Waals surface area contributed by atoms with Crippen LogP contribution in [0.4, 0.5) is 0 Å². The van der Waals surface area contributed by atoms with Crippen molar-refractivity contribution in [3.05, 3.63) is 40.6 Å². The molecule has 0 bridgehead atoms. The minimum atomic E-state index is 0.569. The lowest BCUT2D eigenvalue weighted by Gasteiger charge is -2.15. The number of aryl methyl sites for hydroxylation is 1. The van der Waals surface area contributed by atoms with Crippen LogP contribution in [0.25, 0.3) is 10.9 Å². The highest BCUT2D eigenvalue weighted by Crippen LogP contribution is 2.31. The largest absolute Gasteiger partial charge is 0.313 e. The lowest BCUT2D eigenvalue weighted by molar-refractivity contribution is 0.724. The normalized spacial score (nSPS) is 14.2. The van der Waals surface area contributed by atoms with E-state index in [1.54, 1.807) is 0 Å². The van der Waals surface area contributed by atoms with E-state index in [1.165, 1.54) is 46.1 Å². The summed E-state index contributed by atoms with van der Waals surface area (Å²) in [5.74, 6) is 0.569. The Bertz CT molecular complexity index is 629. The predicted molar refractivity (Wildman–Crippen MR) is 85.2 cm³/mol. The second-order valence-corrected chi connectivity index (χ2v) is 6.08. The molecule has 106 valence electrons. The molecule has 0 radical (unpaired) electrons. The Kier molecular flexibility index (Phi) is 3.75. The highest BCUT2D eigenvalue weighted by Gasteiger charge is 2.19. The van der Waals surface area contributed by atoms with Crippen LogP contribution in [0.3, 0.4) is 0 Å². The second-order valence-electron chi connectivity index (χ2n) is 6.08. The highest BCUT2D eigenvalue weighted by atomic mass is 14.8. The summed E-state index contributed by atoms with van der Waals surface area (Å²) in [6, 6.07) is 6.80. The molecule has 0 amide bonds. The number of benzene rings is 1. The zero-order valence-electron chi connectivity index (χ0n) is 12.8. The molecule has 1 aliphatic carbocycles. The van der Waals surface area contributed by atoms with Gasteiger partial charge in [-0.3, -0.25) is 4.98 Å². The molecule has 2 nitrogen and oxygen atoms in total. The monoisotopic (exact) mass is 268 g/mol. The Balaban J connectivity index is 2.20. The molecular formula is C18H24N2. The van der Waals surface area contributed by atoms with Crippen LogP contribution in [0.1, 0.15) is 55.5 Å². The number of aromatic nitrogens is 1. The third-order valence-corrected chi connectivity index (χ3v) is 4.37. The molecule has 0 atom stereocenters. The van der Waals surface area contributed by atoms with Crippen LogP contribution in [-0.2, 0) is 19.4 Å². The molecule has 1 aliphatic rings. The molecule has 0 unspecified atom stereocenters. The van der Waals surface area contributed by atoms with Crippen LogP contribution >= 0.6 is 0 Å². The van der Waals surface area contributed by atoms with Gasteiger partial charge in [-0.1, -0.05) is 26.8 Å². The van der Waals surface area contributed by atoms with Gasteiger partial charge < -0.3 is 5.32 Å². The van der Waals surface area contributed by atoms with Crippen LogP contribution in [-0.4, -0.2) is 11.5 Å². The van der Waals surface area contributed by atoms with Gasteiger partial charge in [0.05, 0.1) is 5.52 Å². The van der Waals surface area contributed by atoms with Crippen molar-refractivity contribution >= 4 is 10.9 Å². The van der Waals surface area contributed by atoms with Gasteiger partial charge in [-0.2, -0.15) is 0 Å². The van der Waals surface area contributed by atoms with E-state index >= 15 is 0 Å². The van der Waals surface area contributed by atoms with Crippen LogP contribution in [0.2, 0.25) is 0 Å². The van der Waals surface area contributed by atoms with E-state index in [2.05, 4.69) is 44.3 Å². The minimum Gasteiger partial charge on any atom is -0.313 e. The molecular weight excluding hydrogens is 244 g/mol. The zero-order valence-corrected chi connectivity index (χ0v) is 12.8. The Morgan fingerprint density at radius 1 is 1.25 bits per heavy atom. The third kappa shape index (κ3) is 2.33. The molecule has 2 heteroatoms. The van der Waals surface area contributed by atoms with Crippen LogP contribution < -0.4 is 5.32 Å². The van der Waals surface area contributed by atoms with E-state index in [4.69, 9.17) is 4.98 Å². The molecule has 2 aromatic rings. The molecule has 0 spiro atoms. The number of nitrogens with one attached hydrogen (secondary N) is 1. The maximum atomic E-state index is 4.90. The summed E-state index contributed by atoms with van der Waals surface area (Å²) in [4.78, 5) is 4.90. The van der Waals surface area contributed by atoms with Gasteiger partial charge in [0.25, 0.3) is 0 Å². The summed E-state index contributed by atoms with van der Waals surface area (Å²) in [6.07, 6.45) is 3.61. The van der Waals surface area contributed by atoms with E-state index in [-0.39, 0.29) is 0 Å². The second kappa shape index (κ2) is 5.53. The molecule has 0 aliphatic heterocycles. The number of fused-ring (bicyclic) bond motifs is 2. The molecule has 1 heterocycles. The van der Waals surface area contributed by atoms with Crippen LogP contribution in [0.5, 0.6) is 0 Å². The fraction of sp³-hybridized carbons (Fsp3) is 0.500. The van der Waals surface area contributed by atoms with Crippen LogP contribution in [0.15, 0.2) is 18.2 Å². The van der Waals surface area contributed by atoms with E-state index in [9.17, 15) is 0 Å². The standard InChI is InChI=1S/C18H24N2/c1-4-19-11-16-14-6-5-7-17(14)20-18-9-8-13(12(2)3)10-15(16)18/h8-10,12,19H,4-7,11H2,1-3H3. The quantitative estimate of drug-likeness (QED) is 0.908. The average Bonchev–Trinajstić information content (AvgIpc) is 2.90. The first-order valence-corrected chi connectivity index (χ1v) is 7.85. The van der Waals surface area contributed by atoms with Gasteiger partial charge in [-0.05, 0) is 60.5 Å². The Hall–Kier alpha value is -1.41. The van der Waals surface area contributed by atoms with Crippen molar-refractivity contribution in [2.45, 2.75) is 52.5 Å². The lowest BCUT2D eigenvalue weighted by Crippen LogP contribution is -2.14. The summed E-state index contributed by atoms with van der Waals surface area (Å²) in [7, 11) is 0. The summed E-state index contributed by atoms with van der Waals surface area (Å²) in [6.45, 7) is 8.67. The summed E-state index contributed by atoms with van der Waals surface area (Å²) in [5.41, 5.74) is 6.92. The first-order valence-electron chi connectivity index (χ1n) is 7.85. The van der Waals surface area contributed by atoms with Gasteiger partial charge in [0.15, 0.2) is 0 Å². The maximum absolute atomic E-state index is 4.90. The van der Waals surface area contributed by atoms with Crippen LogP contribution in [0, 0.1) is 0 Å². The minimum absolute atomic E-state index is 0.569. The SMILES string of the molecule is CCNCc1c2c(nc3ccc(C(C)C)cc13)CCC2. The molecule has 0 fully saturated rings. The predicted octanol–water partition coefficient (Wildman–Crippen LogP) is 3.96. The fourth-order valence-corrected chi connectivity index (χ4v) is 3.19. The van der Waals surface area contributed by atoms with E-state index < -0.39 is 0 Å².